The lowest BCUT2D eigenvalue weighted by atomic mass is 9.99. The molecule has 320 valence electrons. The fourth-order valence-electron chi connectivity index (χ4n) is 2.84. The predicted molar refractivity (Wildman–Crippen MR) is 218 cm³/mol. The molecule has 6 unspecified atom stereocenters. The van der Waals surface area contributed by atoms with E-state index in [4.69, 9.17) is 60.8 Å². The van der Waals surface area contributed by atoms with Crippen LogP contribution in [0.25, 0.3) is 0 Å². The summed E-state index contributed by atoms with van der Waals surface area (Å²) in [6.07, 6.45) is 5.55. The van der Waals surface area contributed by atoms with Crippen molar-refractivity contribution in [2.75, 3.05) is 66.6 Å². The summed E-state index contributed by atoms with van der Waals surface area (Å²) in [4.78, 5) is 0. The zero-order valence-electron chi connectivity index (χ0n) is 37.1. The number of hydrogen-bond acceptors (Lipinski definition) is 12. The van der Waals surface area contributed by atoms with Crippen molar-refractivity contribution >= 4 is 0 Å². The van der Waals surface area contributed by atoms with E-state index in [1.54, 1.807) is 0 Å². The zero-order valence-corrected chi connectivity index (χ0v) is 37.1. The molecule has 0 amide bonds. The maximum atomic E-state index is 5.78. The lowest BCUT2D eigenvalue weighted by Crippen LogP contribution is -2.37. The summed E-state index contributed by atoms with van der Waals surface area (Å²) >= 11 is 0. The van der Waals surface area contributed by atoms with Crippen molar-refractivity contribution in [1.82, 2.24) is 0 Å². The van der Waals surface area contributed by atoms with Gasteiger partial charge in [0, 0.05) is 24.2 Å². The Bertz CT molecular complexity index is 669. The van der Waals surface area contributed by atoms with Crippen molar-refractivity contribution in [3.63, 3.8) is 0 Å². The first-order valence-electron chi connectivity index (χ1n) is 19.8. The number of hydrogen-bond donors (Lipinski definition) is 4. The van der Waals surface area contributed by atoms with Crippen LogP contribution in [0.2, 0.25) is 0 Å². The second-order valence-corrected chi connectivity index (χ2v) is 16.3. The van der Waals surface area contributed by atoms with Crippen LogP contribution in [0.1, 0.15) is 143 Å². The Kier molecular flexibility index (Phi) is 40.5. The second-order valence-electron chi connectivity index (χ2n) is 16.3. The normalized spacial score (nSPS) is 15.5. The van der Waals surface area contributed by atoms with Crippen LogP contribution in [-0.2, 0) is 37.9 Å². The van der Waals surface area contributed by atoms with Crippen molar-refractivity contribution in [2.24, 2.45) is 40.2 Å². The van der Waals surface area contributed by atoms with Crippen LogP contribution in [0, 0.1) is 17.3 Å². The van der Waals surface area contributed by atoms with Gasteiger partial charge in [-0.15, -0.1) is 0 Å². The van der Waals surface area contributed by atoms with E-state index in [2.05, 4.69) is 62.3 Å². The molecule has 12 nitrogen and oxygen atoms in total. The molecule has 0 aliphatic carbocycles. The molecule has 0 aromatic heterocycles. The molecular formula is C40H92N4O8. The molecule has 8 N–H and O–H groups in total. The van der Waals surface area contributed by atoms with Crippen LogP contribution in [0.15, 0.2) is 0 Å². The predicted octanol–water partition coefficient (Wildman–Crippen LogP) is 7.18. The highest BCUT2D eigenvalue weighted by atomic mass is 16.7. The number of rotatable bonds is 27. The molecule has 0 aliphatic heterocycles. The minimum atomic E-state index is -0.518. The van der Waals surface area contributed by atoms with Gasteiger partial charge >= 0.3 is 0 Å². The summed E-state index contributed by atoms with van der Waals surface area (Å²) in [6.45, 7) is 38.4. The molecular weight excluding hydrogens is 664 g/mol. The summed E-state index contributed by atoms with van der Waals surface area (Å²) in [5.74, 6) is 0.673. The summed E-state index contributed by atoms with van der Waals surface area (Å²) < 4.78 is 42.9. The van der Waals surface area contributed by atoms with E-state index in [1.165, 1.54) is 0 Å². The van der Waals surface area contributed by atoms with Crippen LogP contribution < -0.4 is 22.9 Å². The summed E-state index contributed by atoms with van der Waals surface area (Å²) in [5, 5.41) is 0. The molecule has 0 radical (unpaired) electrons. The minimum Gasteiger partial charge on any atom is -0.355 e. The fraction of sp³-hybridized carbons (Fsp3) is 1.00. The Balaban J connectivity index is -0.000000297. The Morgan fingerprint density at radius 2 is 0.942 bits per heavy atom. The van der Waals surface area contributed by atoms with Gasteiger partial charge in [0.2, 0.25) is 0 Å². The van der Waals surface area contributed by atoms with Gasteiger partial charge in [-0.2, -0.15) is 0 Å². The van der Waals surface area contributed by atoms with Crippen LogP contribution in [0.5, 0.6) is 0 Å². The monoisotopic (exact) mass is 757 g/mol. The van der Waals surface area contributed by atoms with E-state index in [0.29, 0.717) is 65.2 Å². The van der Waals surface area contributed by atoms with Crippen molar-refractivity contribution in [1.29, 1.82) is 0 Å². The first-order chi connectivity index (χ1) is 24.0. The first kappa shape index (κ1) is 58.2. The molecule has 0 aromatic carbocycles. The smallest absolute Gasteiger partial charge is 0.162 e. The third kappa shape index (κ3) is 51.6. The van der Waals surface area contributed by atoms with Gasteiger partial charge in [0.15, 0.2) is 5.79 Å². The largest absolute Gasteiger partial charge is 0.355 e. The molecule has 0 rings (SSSR count). The molecule has 52 heavy (non-hydrogen) atoms. The molecule has 12 heteroatoms. The average molecular weight is 757 g/mol. The van der Waals surface area contributed by atoms with Crippen molar-refractivity contribution in [3.8, 4) is 0 Å². The van der Waals surface area contributed by atoms with Crippen molar-refractivity contribution < 1.29 is 37.9 Å². The van der Waals surface area contributed by atoms with Gasteiger partial charge in [-0.05, 0) is 78.1 Å². The highest BCUT2D eigenvalue weighted by Crippen LogP contribution is 2.15. The minimum absolute atomic E-state index is 0.0963. The third-order valence-corrected chi connectivity index (χ3v) is 7.49. The first-order valence-corrected chi connectivity index (χ1v) is 19.8. The van der Waals surface area contributed by atoms with Gasteiger partial charge in [0.05, 0.1) is 51.8 Å². The molecule has 0 aromatic rings. The molecule has 0 bridgehead atoms. The molecule has 0 heterocycles. The standard InChI is InChI=1S/C12H27NO2.2C10H23NO2.C8H19NO2/c1-6-10(3)8-14-12(4,5)15-9-11(13)7-2;1-9(2,3)6-12-8-13-7-10(4,5)11;1-4-9(3)6-12-8-13-7-10(11)5-2;1-4-7(2)10-6-11-8(3)5-9/h10-11H,6-9,13H2,1-5H3;6-8,11H2,1-5H3;9-10H,4-8,11H2,1-3H3;7-8H,4-6,9H2,1-3H3. The molecule has 0 saturated carbocycles. The van der Waals surface area contributed by atoms with E-state index < -0.39 is 5.79 Å². The Hall–Kier alpha value is -0.480. The van der Waals surface area contributed by atoms with Gasteiger partial charge in [-0.1, -0.05) is 82.1 Å². The second kappa shape index (κ2) is 36.2. The SMILES string of the molecule is CC(C)(C)COCOCC(C)(C)N.CCC(C)COC(C)(C)OCC(N)CC.CCC(C)COCOCC(N)CC.CCC(C)OCOC(C)CN. The van der Waals surface area contributed by atoms with Gasteiger partial charge < -0.3 is 60.8 Å². The Labute approximate surface area is 322 Å². The maximum absolute atomic E-state index is 5.78. The van der Waals surface area contributed by atoms with Crippen molar-refractivity contribution in [3.05, 3.63) is 0 Å². The van der Waals surface area contributed by atoms with E-state index in [9.17, 15) is 0 Å². The summed E-state index contributed by atoms with van der Waals surface area (Å²) in [6, 6.07) is 0.253. The maximum Gasteiger partial charge on any atom is 0.162 e. The van der Waals surface area contributed by atoms with Gasteiger partial charge in [-0.3, -0.25) is 0 Å². The van der Waals surface area contributed by atoms with E-state index in [0.717, 1.165) is 45.3 Å². The third-order valence-electron chi connectivity index (χ3n) is 7.49. The fourth-order valence-corrected chi connectivity index (χ4v) is 2.84. The highest BCUT2D eigenvalue weighted by molar-refractivity contribution is 4.69. The molecule has 0 saturated heterocycles. The van der Waals surface area contributed by atoms with E-state index in [-0.39, 0.29) is 35.2 Å². The quantitative estimate of drug-likeness (QED) is 0.0491. The zero-order chi connectivity index (χ0) is 41.2. The van der Waals surface area contributed by atoms with E-state index >= 15 is 0 Å². The van der Waals surface area contributed by atoms with Crippen LogP contribution in [-0.4, -0.2) is 102 Å². The summed E-state index contributed by atoms with van der Waals surface area (Å²) in [5.41, 5.74) is 22.4. The molecule has 0 aliphatic rings. The molecule has 6 atom stereocenters. The van der Waals surface area contributed by atoms with Crippen LogP contribution in [0.4, 0.5) is 0 Å². The Morgan fingerprint density at radius 3 is 1.40 bits per heavy atom. The van der Waals surface area contributed by atoms with Gasteiger partial charge in [0.1, 0.15) is 20.4 Å². The van der Waals surface area contributed by atoms with Crippen molar-refractivity contribution in [2.45, 2.75) is 179 Å². The number of ether oxygens (including phenoxy) is 8. The lowest BCUT2D eigenvalue weighted by molar-refractivity contribution is -0.220. The van der Waals surface area contributed by atoms with Crippen LogP contribution >= 0.6 is 0 Å². The van der Waals surface area contributed by atoms with Gasteiger partial charge in [-0.25, -0.2) is 0 Å². The lowest BCUT2D eigenvalue weighted by Gasteiger charge is -2.28. The Morgan fingerprint density at radius 1 is 0.500 bits per heavy atom. The topological polar surface area (TPSA) is 178 Å². The number of nitrogens with two attached hydrogens (primary N) is 4. The molecule has 0 fully saturated rings. The highest BCUT2D eigenvalue weighted by Gasteiger charge is 2.20. The van der Waals surface area contributed by atoms with Gasteiger partial charge in [0.25, 0.3) is 0 Å². The van der Waals surface area contributed by atoms with Crippen LogP contribution in [0.3, 0.4) is 0 Å². The van der Waals surface area contributed by atoms with E-state index in [1.807, 2.05) is 48.5 Å². The summed E-state index contributed by atoms with van der Waals surface area (Å²) in [7, 11) is 0. The molecule has 0 spiro atoms. The average Bonchev–Trinajstić information content (AvgIpc) is 3.08.